The zero-order valence-electron chi connectivity index (χ0n) is 8.37. The van der Waals surface area contributed by atoms with Crippen LogP contribution in [0, 0.1) is 0 Å². The predicted octanol–water partition coefficient (Wildman–Crippen LogP) is 2.70. The summed E-state index contributed by atoms with van der Waals surface area (Å²) in [6.45, 7) is 3.39. The number of halogens is 1. The summed E-state index contributed by atoms with van der Waals surface area (Å²) < 4.78 is 6.57. The van der Waals surface area contributed by atoms with E-state index in [2.05, 4.69) is 28.1 Å². The van der Waals surface area contributed by atoms with Gasteiger partial charge in [0.2, 0.25) is 0 Å². The molecule has 1 rings (SSSR count). The van der Waals surface area contributed by atoms with E-state index in [4.69, 9.17) is 10.5 Å². The molecule has 0 bridgehead atoms. The van der Waals surface area contributed by atoms with Crippen molar-refractivity contribution >= 4 is 15.9 Å². The summed E-state index contributed by atoms with van der Waals surface area (Å²) in [4.78, 5) is 0. The molecule has 1 aromatic carbocycles. The third-order valence-electron chi connectivity index (χ3n) is 1.90. The topological polar surface area (TPSA) is 35.2 Å². The molecule has 0 amide bonds. The lowest BCUT2D eigenvalue weighted by molar-refractivity contribution is 0.115. The first-order valence-electron chi connectivity index (χ1n) is 4.76. The molecule has 1 aromatic rings. The van der Waals surface area contributed by atoms with E-state index in [-0.39, 0.29) is 6.04 Å². The largest absolute Gasteiger partial charge is 0.377 e. The summed E-state index contributed by atoms with van der Waals surface area (Å²) in [6.07, 6.45) is 0.913. The molecule has 0 aliphatic rings. The lowest BCUT2D eigenvalue weighted by Crippen LogP contribution is -2.17. The van der Waals surface area contributed by atoms with E-state index in [1.54, 1.807) is 0 Å². The highest BCUT2D eigenvalue weighted by molar-refractivity contribution is 9.10. The molecule has 0 aromatic heterocycles. The second-order valence-electron chi connectivity index (χ2n) is 3.45. The molecule has 0 heterocycles. The van der Waals surface area contributed by atoms with Crippen LogP contribution in [-0.2, 0) is 11.3 Å². The molecule has 0 aliphatic heterocycles. The SMILES string of the molecule is C[C@@H](N)CCOCc1ccc(Br)cc1. The van der Waals surface area contributed by atoms with Gasteiger partial charge in [-0.1, -0.05) is 28.1 Å². The average Bonchev–Trinajstić information content (AvgIpc) is 2.15. The van der Waals surface area contributed by atoms with Crippen molar-refractivity contribution < 1.29 is 4.74 Å². The van der Waals surface area contributed by atoms with Gasteiger partial charge < -0.3 is 10.5 Å². The lowest BCUT2D eigenvalue weighted by atomic mass is 10.2. The molecule has 2 nitrogen and oxygen atoms in total. The standard InChI is InChI=1S/C11H16BrNO/c1-9(13)6-7-14-8-10-2-4-11(12)5-3-10/h2-5,9H,6-8,13H2,1H3/t9-/m1/s1. The van der Waals surface area contributed by atoms with Crippen LogP contribution >= 0.6 is 15.9 Å². The van der Waals surface area contributed by atoms with E-state index in [1.165, 1.54) is 5.56 Å². The van der Waals surface area contributed by atoms with Crippen LogP contribution in [-0.4, -0.2) is 12.6 Å². The zero-order chi connectivity index (χ0) is 10.4. The Balaban J connectivity index is 2.21. The number of nitrogens with two attached hydrogens (primary N) is 1. The molecule has 0 aliphatic carbocycles. The Labute approximate surface area is 93.6 Å². The Bertz CT molecular complexity index is 258. The number of ether oxygens (including phenoxy) is 1. The molecule has 1 atom stereocenters. The van der Waals surface area contributed by atoms with E-state index in [1.807, 2.05) is 19.1 Å². The summed E-state index contributed by atoms with van der Waals surface area (Å²) in [5.41, 5.74) is 6.80. The van der Waals surface area contributed by atoms with Crippen molar-refractivity contribution in [1.29, 1.82) is 0 Å². The van der Waals surface area contributed by atoms with E-state index in [0.717, 1.165) is 17.5 Å². The molecular weight excluding hydrogens is 242 g/mol. The van der Waals surface area contributed by atoms with E-state index >= 15 is 0 Å². The van der Waals surface area contributed by atoms with Gasteiger partial charge in [-0.2, -0.15) is 0 Å². The fourth-order valence-corrected chi connectivity index (χ4v) is 1.30. The van der Waals surface area contributed by atoms with Crippen LogP contribution in [0.4, 0.5) is 0 Å². The van der Waals surface area contributed by atoms with Crippen LogP contribution in [0.2, 0.25) is 0 Å². The van der Waals surface area contributed by atoms with Crippen molar-refractivity contribution in [2.45, 2.75) is 26.0 Å². The first kappa shape index (κ1) is 11.7. The summed E-state index contributed by atoms with van der Waals surface area (Å²) in [5.74, 6) is 0. The Morgan fingerprint density at radius 3 is 2.57 bits per heavy atom. The zero-order valence-corrected chi connectivity index (χ0v) is 9.96. The summed E-state index contributed by atoms with van der Waals surface area (Å²) >= 11 is 3.39. The maximum absolute atomic E-state index is 5.61. The highest BCUT2D eigenvalue weighted by Gasteiger charge is 1.95. The van der Waals surface area contributed by atoms with Crippen molar-refractivity contribution in [2.24, 2.45) is 5.73 Å². The number of hydrogen-bond donors (Lipinski definition) is 1. The quantitative estimate of drug-likeness (QED) is 0.824. The fourth-order valence-electron chi connectivity index (χ4n) is 1.04. The first-order chi connectivity index (χ1) is 6.68. The molecule has 0 unspecified atom stereocenters. The minimum Gasteiger partial charge on any atom is -0.377 e. The highest BCUT2D eigenvalue weighted by atomic mass is 79.9. The smallest absolute Gasteiger partial charge is 0.0716 e. The molecule has 0 saturated heterocycles. The van der Waals surface area contributed by atoms with Gasteiger partial charge in [0.1, 0.15) is 0 Å². The van der Waals surface area contributed by atoms with Crippen LogP contribution in [0.15, 0.2) is 28.7 Å². The monoisotopic (exact) mass is 257 g/mol. The minimum absolute atomic E-state index is 0.222. The molecule has 0 spiro atoms. The summed E-state index contributed by atoms with van der Waals surface area (Å²) in [5, 5.41) is 0. The Hall–Kier alpha value is -0.380. The molecular formula is C11H16BrNO. The van der Waals surface area contributed by atoms with Crippen molar-refractivity contribution in [1.82, 2.24) is 0 Å². The Morgan fingerprint density at radius 2 is 2.00 bits per heavy atom. The number of hydrogen-bond acceptors (Lipinski definition) is 2. The molecule has 2 N–H and O–H groups in total. The second kappa shape index (κ2) is 6.17. The molecule has 0 fully saturated rings. The van der Waals surface area contributed by atoms with Gasteiger partial charge in [-0.05, 0) is 31.0 Å². The van der Waals surface area contributed by atoms with Gasteiger partial charge in [0.05, 0.1) is 6.61 Å². The third kappa shape index (κ3) is 4.74. The minimum atomic E-state index is 0.222. The fraction of sp³-hybridized carbons (Fsp3) is 0.455. The van der Waals surface area contributed by atoms with E-state index < -0.39 is 0 Å². The lowest BCUT2D eigenvalue weighted by Gasteiger charge is -2.06. The predicted molar refractivity (Wildman–Crippen MR) is 62.1 cm³/mol. The van der Waals surface area contributed by atoms with Crippen molar-refractivity contribution in [3.8, 4) is 0 Å². The van der Waals surface area contributed by atoms with Gasteiger partial charge in [0.25, 0.3) is 0 Å². The van der Waals surface area contributed by atoms with E-state index in [0.29, 0.717) is 6.61 Å². The van der Waals surface area contributed by atoms with Gasteiger partial charge in [-0.3, -0.25) is 0 Å². The van der Waals surface area contributed by atoms with Crippen LogP contribution in [0.3, 0.4) is 0 Å². The van der Waals surface area contributed by atoms with Gasteiger partial charge in [0.15, 0.2) is 0 Å². The average molecular weight is 258 g/mol. The Morgan fingerprint density at radius 1 is 1.36 bits per heavy atom. The number of benzene rings is 1. The molecule has 78 valence electrons. The van der Waals surface area contributed by atoms with E-state index in [9.17, 15) is 0 Å². The Kier molecular flexibility index (Phi) is 5.15. The van der Waals surface area contributed by atoms with Crippen LogP contribution in [0.25, 0.3) is 0 Å². The molecule has 3 heteroatoms. The van der Waals surface area contributed by atoms with Gasteiger partial charge in [-0.15, -0.1) is 0 Å². The highest BCUT2D eigenvalue weighted by Crippen LogP contribution is 2.11. The van der Waals surface area contributed by atoms with Crippen LogP contribution in [0.5, 0.6) is 0 Å². The molecule has 0 radical (unpaired) electrons. The maximum atomic E-state index is 5.61. The normalized spacial score (nSPS) is 12.8. The summed E-state index contributed by atoms with van der Waals surface area (Å²) in [6, 6.07) is 8.36. The molecule has 0 saturated carbocycles. The van der Waals surface area contributed by atoms with Crippen LogP contribution in [0.1, 0.15) is 18.9 Å². The maximum Gasteiger partial charge on any atom is 0.0716 e. The third-order valence-corrected chi connectivity index (χ3v) is 2.43. The van der Waals surface area contributed by atoms with Gasteiger partial charge in [0, 0.05) is 17.1 Å². The van der Waals surface area contributed by atoms with Crippen molar-refractivity contribution in [3.63, 3.8) is 0 Å². The second-order valence-corrected chi connectivity index (χ2v) is 4.36. The van der Waals surface area contributed by atoms with Gasteiger partial charge in [-0.25, -0.2) is 0 Å². The van der Waals surface area contributed by atoms with Crippen molar-refractivity contribution in [3.05, 3.63) is 34.3 Å². The summed E-state index contributed by atoms with van der Waals surface area (Å²) in [7, 11) is 0. The van der Waals surface area contributed by atoms with Crippen molar-refractivity contribution in [2.75, 3.05) is 6.61 Å². The van der Waals surface area contributed by atoms with Gasteiger partial charge >= 0.3 is 0 Å². The van der Waals surface area contributed by atoms with Crippen LogP contribution < -0.4 is 5.73 Å². The number of rotatable bonds is 5. The first-order valence-corrected chi connectivity index (χ1v) is 5.55. The molecule has 14 heavy (non-hydrogen) atoms.